The lowest BCUT2D eigenvalue weighted by atomic mass is 10.1. The number of hydrogen-bond donors (Lipinski definition) is 0. The Labute approximate surface area is 95.3 Å². The molecule has 1 aromatic heterocycles. The van der Waals surface area contributed by atoms with Crippen LogP contribution in [0.4, 0.5) is 0 Å². The molecule has 0 fully saturated rings. The first kappa shape index (κ1) is 9.87. The molecule has 0 aliphatic carbocycles. The van der Waals surface area contributed by atoms with Crippen LogP contribution in [0.1, 0.15) is 11.1 Å². The van der Waals surface area contributed by atoms with Crippen molar-refractivity contribution < 1.29 is 0 Å². The average molecular weight is 263 g/mol. The summed E-state index contributed by atoms with van der Waals surface area (Å²) in [6, 6.07) is 7.80. The van der Waals surface area contributed by atoms with Gasteiger partial charge in [0.25, 0.3) is 0 Å². The predicted octanol–water partition coefficient (Wildman–Crippen LogP) is 2.03. The summed E-state index contributed by atoms with van der Waals surface area (Å²) in [5, 5.41) is 13.7. The first-order chi connectivity index (χ1) is 7.35. The monoisotopic (exact) mass is 262 g/mol. The first-order valence-corrected chi connectivity index (χ1v) is 5.41. The van der Waals surface area contributed by atoms with E-state index in [4.69, 9.17) is 5.26 Å². The van der Waals surface area contributed by atoms with Gasteiger partial charge >= 0.3 is 0 Å². The van der Waals surface area contributed by atoms with Crippen molar-refractivity contribution in [2.75, 3.05) is 0 Å². The molecular formula is C10H7BrN4. The van der Waals surface area contributed by atoms with Crippen molar-refractivity contribution in [2.45, 2.75) is 5.33 Å². The molecule has 0 saturated heterocycles. The molecule has 2 rings (SSSR count). The molecule has 74 valence electrons. The number of hydrogen-bond acceptors (Lipinski definition) is 3. The van der Waals surface area contributed by atoms with E-state index in [-0.39, 0.29) is 0 Å². The quantitative estimate of drug-likeness (QED) is 0.779. The van der Waals surface area contributed by atoms with E-state index in [1.54, 1.807) is 11.0 Å². The van der Waals surface area contributed by atoms with Crippen LogP contribution in [0, 0.1) is 11.3 Å². The molecule has 0 unspecified atom stereocenters. The van der Waals surface area contributed by atoms with E-state index in [1.165, 1.54) is 6.33 Å². The molecule has 4 nitrogen and oxygen atoms in total. The molecule has 0 saturated carbocycles. The van der Waals surface area contributed by atoms with Gasteiger partial charge in [-0.3, -0.25) is 0 Å². The minimum absolute atomic E-state index is 0.595. The largest absolute Gasteiger partial charge is 0.223 e. The van der Waals surface area contributed by atoms with Gasteiger partial charge in [-0.1, -0.05) is 22.0 Å². The van der Waals surface area contributed by atoms with Crippen LogP contribution < -0.4 is 0 Å². The summed E-state index contributed by atoms with van der Waals surface area (Å²) in [6.07, 6.45) is 3.02. The molecular weight excluding hydrogens is 256 g/mol. The molecule has 0 bridgehead atoms. The molecule has 0 atom stereocenters. The summed E-state index contributed by atoms with van der Waals surface area (Å²) < 4.78 is 1.58. The summed E-state index contributed by atoms with van der Waals surface area (Å²) in [7, 11) is 0. The van der Waals surface area contributed by atoms with Crippen LogP contribution in [0.25, 0.3) is 5.69 Å². The van der Waals surface area contributed by atoms with Crippen LogP contribution in [0.15, 0.2) is 30.9 Å². The predicted molar refractivity (Wildman–Crippen MR) is 58.7 cm³/mol. The zero-order valence-corrected chi connectivity index (χ0v) is 9.35. The Balaban J connectivity index is 2.54. The number of aromatic nitrogens is 3. The van der Waals surface area contributed by atoms with Crippen molar-refractivity contribution in [3.8, 4) is 11.8 Å². The van der Waals surface area contributed by atoms with Gasteiger partial charge in [-0.05, 0) is 17.7 Å². The van der Waals surface area contributed by atoms with Gasteiger partial charge in [0.2, 0.25) is 0 Å². The third-order valence-corrected chi connectivity index (χ3v) is 2.65. The topological polar surface area (TPSA) is 54.5 Å². The second-order valence-corrected chi connectivity index (χ2v) is 3.50. The van der Waals surface area contributed by atoms with E-state index in [0.29, 0.717) is 5.56 Å². The minimum Gasteiger partial charge on any atom is -0.223 e. The number of nitriles is 1. The summed E-state index contributed by atoms with van der Waals surface area (Å²) >= 11 is 3.35. The molecule has 0 aliphatic rings. The minimum atomic E-state index is 0.595. The second kappa shape index (κ2) is 4.24. The van der Waals surface area contributed by atoms with Gasteiger partial charge in [-0.15, -0.1) is 0 Å². The highest BCUT2D eigenvalue weighted by molar-refractivity contribution is 9.08. The van der Waals surface area contributed by atoms with Gasteiger partial charge in [0.1, 0.15) is 18.7 Å². The molecule has 5 heteroatoms. The van der Waals surface area contributed by atoms with E-state index in [0.717, 1.165) is 16.6 Å². The number of nitrogens with zero attached hydrogens (tertiary/aromatic N) is 4. The van der Waals surface area contributed by atoms with Crippen LogP contribution in [0.5, 0.6) is 0 Å². The molecule has 0 amide bonds. The third kappa shape index (κ3) is 1.90. The highest BCUT2D eigenvalue weighted by Gasteiger charge is 2.05. The molecule has 15 heavy (non-hydrogen) atoms. The number of benzene rings is 1. The molecule has 1 heterocycles. The highest BCUT2D eigenvalue weighted by atomic mass is 79.9. The van der Waals surface area contributed by atoms with Gasteiger partial charge in [-0.2, -0.15) is 10.4 Å². The van der Waals surface area contributed by atoms with Crippen molar-refractivity contribution in [1.82, 2.24) is 14.8 Å². The summed E-state index contributed by atoms with van der Waals surface area (Å²) in [5.74, 6) is 0. The van der Waals surface area contributed by atoms with Gasteiger partial charge in [-0.25, -0.2) is 9.67 Å². The van der Waals surface area contributed by atoms with E-state index < -0.39 is 0 Å². The zero-order chi connectivity index (χ0) is 10.7. The lowest BCUT2D eigenvalue weighted by molar-refractivity contribution is 0.875. The zero-order valence-electron chi connectivity index (χ0n) is 7.76. The smallest absolute Gasteiger partial charge is 0.138 e. The van der Waals surface area contributed by atoms with Crippen LogP contribution >= 0.6 is 15.9 Å². The van der Waals surface area contributed by atoms with Crippen molar-refractivity contribution in [3.05, 3.63) is 42.0 Å². The highest BCUT2D eigenvalue weighted by Crippen LogP contribution is 2.16. The van der Waals surface area contributed by atoms with Gasteiger partial charge in [0.15, 0.2) is 0 Å². The molecule has 2 aromatic rings. The third-order valence-electron chi connectivity index (χ3n) is 2.00. The molecule has 0 spiro atoms. The lowest BCUT2D eigenvalue weighted by Crippen LogP contribution is -1.98. The fourth-order valence-electron chi connectivity index (χ4n) is 1.29. The van der Waals surface area contributed by atoms with Crippen molar-refractivity contribution in [2.24, 2.45) is 0 Å². The van der Waals surface area contributed by atoms with Crippen LogP contribution in [-0.2, 0) is 5.33 Å². The van der Waals surface area contributed by atoms with E-state index in [2.05, 4.69) is 32.1 Å². The Morgan fingerprint density at radius 1 is 1.47 bits per heavy atom. The second-order valence-electron chi connectivity index (χ2n) is 2.94. The van der Waals surface area contributed by atoms with Crippen LogP contribution in [0.3, 0.4) is 0 Å². The Hall–Kier alpha value is -1.67. The Kier molecular flexibility index (Phi) is 2.79. The molecule has 0 N–H and O–H groups in total. The van der Waals surface area contributed by atoms with Crippen molar-refractivity contribution in [1.29, 1.82) is 5.26 Å². The normalized spacial score (nSPS) is 9.87. The van der Waals surface area contributed by atoms with Gasteiger partial charge in [0.05, 0.1) is 11.3 Å². The number of halogens is 1. The average Bonchev–Trinajstić information content (AvgIpc) is 2.81. The number of alkyl halides is 1. The van der Waals surface area contributed by atoms with Gasteiger partial charge < -0.3 is 0 Å². The van der Waals surface area contributed by atoms with E-state index >= 15 is 0 Å². The summed E-state index contributed by atoms with van der Waals surface area (Å²) in [4.78, 5) is 3.85. The SMILES string of the molecule is N#Cc1cc(CBr)ccc1-n1cncn1. The van der Waals surface area contributed by atoms with Crippen LogP contribution in [-0.4, -0.2) is 14.8 Å². The maximum Gasteiger partial charge on any atom is 0.138 e. The Morgan fingerprint density at radius 2 is 2.33 bits per heavy atom. The first-order valence-electron chi connectivity index (χ1n) is 4.29. The molecule has 0 radical (unpaired) electrons. The van der Waals surface area contributed by atoms with Crippen molar-refractivity contribution in [3.63, 3.8) is 0 Å². The van der Waals surface area contributed by atoms with Gasteiger partial charge in [0, 0.05) is 5.33 Å². The Bertz CT molecular complexity index is 499. The standard InChI is InChI=1S/C10H7BrN4/c11-4-8-1-2-10(9(3-8)5-12)15-7-13-6-14-15/h1-3,6-7H,4H2. The maximum atomic E-state index is 9.01. The summed E-state index contributed by atoms with van der Waals surface area (Å²) in [6.45, 7) is 0. The fraction of sp³-hybridized carbons (Fsp3) is 0.100. The summed E-state index contributed by atoms with van der Waals surface area (Å²) in [5.41, 5.74) is 2.41. The van der Waals surface area contributed by atoms with Crippen molar-refractivity contribution >= 4 is 15.9 Å². The molecule has 1 aromatic carbocycles. The van der Waals surface area contributed by atoms with E-state index in [9.17, 15) is 0 Å². The lowest BCUT2D eigenvalue weighted by Gasteiger charge is -2.04. The maximum absolute atomic E-state index is 9.01. The Morgan fingerprint density at radius 3 is 2.93 bits per heavy atom. The van der Waals surface area contributed by atoms with E-state index in [1.807, 2.05) is 18.2 Å². The fourth-order valence-corrected chi connectivity index (χ4v) is 1.64. The number of rotatable bonds is 2. The molecule has 0 aliphatic heterocycles. The van der Waals surface area contributed by atoms with Crippen LogP contribution in [0.2, 0.25) is 0 Å².